The number of aromatic hydroxyl groups is 1. The van der Waals surface area contributed by atoms with Crippen LogP contribution in [0.1, 0.15) is 38.2 Å². The van der Waals surface area contributed by atoms with Gasteiger partial charge in [0, 0.05) is 19.0 Å². The highest BCUT2D eigenvalue weighted by Crippen LogP contribution is 2.22. The quantitative estimate of drug-likeness (QED) is 0.649. The number of anilines is 1. The number of hydrogen-bond donors (Lipinski definition) is 2. The number of benzene rings is 1. The molecule has 1 aromatic carbocycles. The molecular formula is C15H22N2O2. The van der Waals surface area contributed by atoms with Gasteiger partial charge in [-0.3, -0.25) is 4.79 Å². The molecule has 2 rings (SSSR count). The van der Waals surface area contributed by atoms with Crippen molar-refractivity contribution in [3.63, 3.8) is 0 Å². The summed E-state index contributed by atoms with van der Waals surface area (Å²) in [5.74, 6) is 0.318. The van der Waals surface area contributed by atoms with Gasteiger partial charge < -0.3 is 15.7 Å². The van der Waals surface area contributed by atoms with Crippen LogP contribution in [0.5, 0.6) is 5.75 Å². The number of hydrogen-bond acceptors (Lipinski definition) is 3. The van der Waals surface area contributed by atoms with Gasteiger partial charge >= 0.3 is 0 Å². The van der Waals surface area contributed by atoms with Gasteiger partial charge in [-0.1, -0.05) is 6.07 Å². The Bertz CT molecular complexity index is 459. The number of rotatable bonds is 3. The molecule has 4 heteroatoms. The lowest BCUT2D eigenvalue weighted by molar-refractivity contribution is -0.134. The second-order valence-electron chi connectivity index (χ2n) is 5.33. The van der Waals surface area contributed by atoms with Gasteiger partial charge in [0.25, 0.3) is 0 Å². The van der Waals surface area contributed by atoms with Gasteiger partial charge in [0.05, 0.1) is 5.69 Å². The van der Waals surface area contributed by atoms with Crippen molar-refractivity contribution < 1.29 is 9.90 Å². The third-order valence-electron chi connectivity index (χ3n) is 3.84. The molecule has 1 aliphatic heterocycles. The zero-order valence-electron chi connectivity index (χ0n) is 11.4. The van der Waals surface area contributed by atoms with Gasteiger partial charge in [0.15, 0.2) is 0 Å². The molecule has 1 aliphatic rings. The van der Waals surface area contributed by atoms with E-state index in [1.165, 1.54) is 6.42 Å². The topological polar surface area (TPSA) is 66.6 Å². The Hall–Kier alpha value is -1.71. The summed E-state index contributed by atoms with van der Waals surface area (Å²) in [7, 11) is 0. The standard InChI is InChI=1S/C15H22N2O2/c1-11-4-2-3-9-17(11)15(19)8-6-12-5-7-14(18)13(16)10-12/h5,7,10-11,18H,2-4,6,8-9,16H2,1H3. The highest BCUT2D eigenvalue weighted by atomic mass is 16.3. The molecule has 1 saturated heterocycles. The number of piperidine rings is 1. The normalized spacial score (nSPS) is 19.4. The number of nitrogen functional groups attached to an aromatic ring is 1. The summed E-state index contributed by atoms with van der Waals surface area (Å²) in [4.78, 5) is 14.2. The average Bonchev–Trinajstić information content (AvgIpc) is 2.40. The highest BCUT2D eigenvalue weighted by Gasteiger charge is 2.22. The van der Waals surface area contributed by atoms with Crippen LogP contribution in [-0.2, 0) is 11.2 Å². The van der Waals surface area contributed by atoms with E-state index in [-0.39, 0.29) is 11.7 Å². The fraction of sp³-hybridized carbons (Fsp3) is 0.533. The van der Waals surface area contributed by atoms with Crippen molar-refractivity contribution >= 4 is 11.6 Å². The van der Waals surface area contributed by atoms with Crippen LogP contribution in [0.25, 0.3) is 0 Å². The minimum atomic E-state index is 0.0970. The summed E-state index contributed by atoms with van der Waals surface area (Å²) >= 11 is 0. The highest BCUT2D eigenvalue weighted by molar-refractivity contribution is 5.77. The maximum atomic E-state index is 12.2. The number of carbonyl (C=O) groups excluding carboxylic acids is 1. The van der Waals surface area contributed by atoms with Crippen LogP contribution in [0, 0.1) is 0 Å². The number of phenolic OH excluding ortho intramolecular Hbond substituents is 1. The van der Waals surface area contributed by atoms with E-state index in [2.05, 4.69) is 6.92 Å². The predicted octanol–water partition coefficient (Wildman–Crippen LogP) is 2.31. The molecule has 0 aromatic heterocycles. The molecule has 0 radical (unpaired) electrons. The van der Waals surface area contributed by atoms with Crippen molar-refractivity contribution in [2.45, 2.75) is 45.1 Å². The number of nitrogens with two attached hydrogens (primary N) is 1. The third-order valence-corrected chi connectivity index (χ3v) is 3.84. The van der Waals surface area contributed by atoms with Crippen molar-refractivity contribution in [1.82, 2.24) is 4.90 Å². The van der Waals surface area contributed by atoms with Crippen LogP contribution < -0.4 is 5.73 Å². The lowest BCUT2D eigenvalue weighted by Gasteiger charge is -2.33. The molecule has 0 aliphatic carbocycles. The van der Waals surface area contributed by atoms with E-state index in [1.54, 1.807) is 12.1 Å². The second kappa shape index (κ2) is 5.95. The molecule has 1 amide bonds. The van der Waals surface area contributed by atoms with Gasteiger partial charge in [-0.25, -0.2) is 0 Å². The zero-order chi connectivity index (χ0) is 13.8. The average molecular weight is 262 g/mol. The predicted molar refractivity (Wildman–Crippen MR) is 75.9 cm³/mol. The van der Waals surface area contributed by atoms with Crippen molar-refractivity contribution in [2.75, 3.05) is 12.3 Å². The molecule has 1 unspecified atom stereocenters. The van der Waals surface area contributed by atoms with E-state index < -0.39 is 0 Å². The maximum Gasteiger partial charge on any atom is 0.223 e. The van der Waals surface area contributed by atoms with Crippen LogP contribution in [0.4, 0.5) is 5.69 Å². The first-order valence-electron chi connectivity index (χ1n) is 6.95. The molecular weight excluding hydrogens is 240 g/mol. The van der Waals surface area contributed by atoms with Gasteiger partial charge in [-0.15, -0.1) is 0 Å². The minimum Gasteiger partial charge on any atom is -0.506 e. The molecule has 3 N–H and O–H groups in total. The summed E-state index contributed by atoms with van der Waals surface area (Å²) in [6.45, 7) is 3.01. The van der Waals surface area contributed by atoms with Crippen molar-refractivity contribution in [1.29, 1.82) is 0 Å². The first-order valence-corrected chi connectivity index (χ1v) is 6.95. The first-order chi connectivity index (χ1) is 9.08. The Kier molecular flexibility index (Phi) is 4.30. The summed E-state index contributed by atoms with van der Waals surface area (Å²) in [5, 5.41) is 9.36. The molecule has 0 spiro atoms. The van der Waals surface area contributed by atoms with Crippen LogP contribution >= 0.6 is 0 Å². The van der Waals surface area contributed by atoms with Crippen molar-refractivity contribution in [3.05, 3.63) is 23.8 Å². The molecule has 19 heavy (non-hydrogen) atoms. The SMILES string of the molecule is CC1CCCCN1C(=O)CCc1ccc(O)c(N)c1. The van der Waals surface area contributed by atoms with E-state index in [1.807, 2.05) is 11.0 Å². The fourth-order valence-corrected chi connectivity index (χ4v) is 2.62. The maximum absolute atomic E-state index is 12.2. The first kappa shape index (κ1) is 13.7. The molecule has 104 valence electrons. The zero-order valence-corrected chi connectivity index (χ0v) is 11.4. The molecule has 1 atom stereocenters. The van der Waals surface area contributed by atoms with Crippen molar-refractivity contribution in [2.24, 2.45) is 0 Å². The number of carbonyl (C=O) groups is 1. The van der Waals surface area contributed by atoms with Crippen LogP contribution in [-0.4, -0.2) is 28.5 Å². The largest absolute Gasteiger partial charge is 0.506 e. The van der Waals surface area contributed by atoms with E-state index >= 15 is 0 Å². The Labute approximate surface area is 114 Å². The molecule has 1 fully saturated rings. The van der Waals surface area contributed by atoms with Crippen LogP contribution in [0.3, 0.4) is 0 Å². The Morgan fingerprint density at radius 3 is 2.95 bits per heavy atom. The minimum absolute atomic E-state index is 0.0970. The van der Waals surface area contributed by atoms with Crippen LogP contribution in [0.2, 0.25) is 0 Å². The molecule has 4 nitrogen and oxygen atoms in total. The summed E-state index contributed by atoms with van der Waals surface area (Å²) < 4.78 is 0. The molecule has 0 bridgehead atoms. The summed E-state index contributed by atoms with van der Waals surface area (Å²) in [6, 6.07) is 5.51. The number of amides is 1. The number of nitrogens with zero attached hydrogens (tertiary/aromatic N) is 1. The smallest absolute Gasteiger partial charge is 0.223 e. The van der Waals surface area contributed by atoms with E-state index in [9.17, 15) is 9.90 Å². The van der Waals surface area contributed by atoms with Gasteiger partial charge in [-0.05, 0) is 50.3 Å². The second-order valence-corrected chi connectivity index (χ2v) is 5.33. The van der Waals surface area contributed by atoms with E-state index in [0.29, 0.717) is 24.6 Å². The lowest BCUT2D eigenvalue weighted by atomic mass is 10.0. The molecule has 1 aromatic rings. The molecule has 1 heterocycles. The fourth-order valence-electron chi connectivity index (χ4n) is 2.62. The van der Waals surface area contributed by atoms with Crippen LogP contribution in [0.15, 0.2) is 18.2 Å². The summed E-state index contributed by atoms with van der Waals surface area (Å²) in [5.41, 5.74) is 7.01. The van der Waals surface area contributed by atoms with E-state index in [4.69, 9.17) is 5.73 Å². The van der Waals surface area contributed by atoms with Gasteiger partial charge in [0.2, 0.25) is 5.91 Å². The number of phenols is 1. The van der Waals surface area contributed by atoms with E-state index in [0.717, 1.165) is 24.9 Å². The van der Waals surface area contributed by atoms with Crippen molar-refractivity contribution in [3.8, 4) is 5.75 Å². The Morgan fingerprint density at radius 1 is 1.47 bits per heavy atom. The lowest BCUT2D eigenvalue weighted by Crippen LogP contribution is -2.42. The molecule has 0 saturated carbocycles. The van der Waals surface area contributed by atoms with Gasteiger partial charge in [-0.2, -0.15) is 0 Å². The number of aryl methyl sites for hydroxylation is 1. The third kappa shape index (κ3) is 3.40. The number of likely N-dealkylation sites (tertiary alicyclic amines) is 1. The van der Waals surface area contributed by atoms with Gasteiger partial charge in [0.1, 0.15) is 5.75 Å². The Morgan fingerprint density at radius 2 is 2.26 bits per heavy atom. The Balaban J connectivity index is 1.90. The summed E-state index contributed by atoms with van der Waals surface area (Å²) in [6.07, 6.45) is 4.63. The monoisotopic (exact) mass is 262 g/mol.